The molecule has 2 atom stereocenters. The Morgan fingerprint density at radius 1 is 1.12 bits per heavy atom. The number of nitrogens with one attached hydrogen (secondary N) is 3. The van der Waals surface area contributed by atoms with Crippen molar-refractivity contribution in [2.75, 3.05) is 26.2 Å². The quantitative estimate of drug-likeness (QED) is 0.311. The van der Waals surface area contributed by atoms with Crippen molar-refractivity contribution in [2.24, 2.45) is 11.8 Å². The van der Waals surface area contributed by atoms with Gasteiger partial charge in [0.05, 0.1) is 6.54 Å². The van der Waals surface area contributed by atoms with Crippen LogP contribution in [-0.4, -0.2) is 54.7 Å². The Labute approximate surface area is 188 Å². The molecule has 9 nitrogen and oxygen atoms in total. The van der Waals surface area contributed by atoms with Crippen LogP contribution < -0.4 is 16.0 Å². The van der Waals surface area contributed by atoms with E-state index in [0.29, 0.717) is 19.4 Å². The van der Waals surface area contributed by atoms with Crippen LogP contribution in [0.1, 0.15) is 44.6 Å². The van der Waals surface area contributed by atoms with Gasteiger partial charge < -0.3 is 16.0 Å². The van der Waals surface area contributed by atoms with Gasteiger partial charge in [-0.05, 0) is 50.3 Å². The molecule has 2 rings (SSSR count). The molecule has 0 aromatic heterocycles. The smallest absolute Gasteiger partial charge is 0.272 e. The summed E-state index contributed by atoms with van der Waals surface area (Å²) < 4.78 is 0. The molecule has 0 bridgehead atoms. The number of hydrogen-bond donors (Lipinski definition) is 3. The van der Waals surface area contributed by atoms with E-state index in [-0.39, 0.29) is 43.0 Å². The highest BCUT2D eigenvalue weighted by atomic mass is 16.6. The number of amides is 2. The number of nitro groups is 1. The van der Waals surface area contributed by atoms with E-state index in [1.165, 1.54) is 0 Å². The fraction of sp³-hybridized carbons (Fsp3) is 0.609. The fourth-order valence-electron chi connectivity index (χ4n) is 3.80. The largest absolute Gasteiger partial charge is 0.356 e. The molecule has 0 aliphatic carbocycles. The Kier molecular flexibility index (Phi) is 10.8. The first kappa shape index (κ1) is 25.5. The van der Waals surface area contributed by atoms with Gasteiger partial charge in [0, 0.05) is 30.2 Å². The van der Waals surface area contributed by atoms with E-state index >= 15 is 0 Å². The third-order valence-corrected chi connectivity index (χ3v) is 5.82. The van der Waals surface area contributed by atoms with Crippen molar-refractivity contribution < 1.29 is 19.3 Å². The lowest BCUT2D eigenvalue weighted by Crippen LogP contribution is -2.40. The summed E-state index contributed by atoms with van der Waals surface area (Å²) in [7, 11) is 0. The highest BCUT2D eigenvalue weighted by Crippen LogP contribution is 2.12. The van der Waals surface area contributed by atoms with E-state index in [1.807, 2.05) is 37.3 Å². The first-order valence-corrected chi connectivity index (χ1v) is 11.3. The number of carbonyl (C=O) groups is 3. The summed E-state index contributed by atoms with van der Waals surface area (Å²) in [6.45, 7) is 3.77. The van der Waals surface area contributed by atoms with Gasteiger partial charge in [-0.3, -0.25) is 24.5 Å². The van der Waals surface area contributed by atoms with Crippen molar-refractivity contribution in [3.8, 4) is 0 Å². The molecule has 176 valence electrons. The Bertz CT molecular complexity index is 765. The number of benzene rings is 1. The molecule has 1 fully saturated rings. The minimum atomic E-state index is -1.34. The van der Waals surface area contributed by atoms with Crippen LogP contribution in [0.5, 0.6) is 0 Å². The van der Waals surface area contributed by atoms with Gasteiger partial charge in [0.25, 0.3) is 6.04 Å². The summed E-state index contributed by atoms with van der Waals surface area (Å²) in [4.78, 5) is 47.3. The molecule has 2 amide bonds. The molecule has 3 N–H and O–H groups in total. The van der Waals surface area contributed by atoms with Gasteiger partial charge in [0.1, 0.15) is 0 Å². The molecule has 1 aromatic carbocycles. The Morgan fingerprint density at radius 3 is 2.47 bits per heavy atom. The summed E-state index contributed by atoms with van der Waals surface area (Å²) in [5.41, 5.74) is 0.928. The minimum absolute atomic E-state index is 0.0165. The van der Waals surface area contributed by atoms with E-state index in [0.717, 1.165) is 31.5 Å². The Morgan fingerprint density at radius 2 is 1.81 bits per heavy atom. The van der Waals surface area contributed by atoms with E-state index in [1.54, 1.807) is 0 Å². The second kappa shape index (κ2) is 13.6. The minimum Gasteiger partial charge on any atom is -0.356 e. The van der Waals surface area contributed by atoms with E-state index in [4.69, 9.17) is 0 Å². The normalized spacial score (nSPS) is 16.0. The van der Waals surface area contributed by atoms with Gasteiger partial charge in [-0.25, -0.2) is 0 Å². The summed E-state index contributed by atoms with van der Waals surface area (Å²) in [5, 5.41) is 20.0. The van der Waals surface area contributed by atoms with E-state index in [9.17, 15) is 24.5 Å². The maximum Gasteiger partial charge on any atom is 0.272 e. The fourth-order valence-corrected chi connectivity index (χ4v) is 3.80. The Hall–Kier alpha value is -2.81. The number of piperidine rings is 1. The molecule has 9 heteroatoms. The van der Waals surface area contributed by atoms with Crippen molar-refractivity contribution >= 4 is 17.6 Å². The van der Waals surface area contributed by atoms with Crippen molar-refractivity contribution in [1.29, 1.82) is 0 Å². The lowest BCUT2D eigenvalue weighted by molar-refractivity contribution is -0.508. The molecule has 2 unspecified atom stereocenters. The van der Waals surface area contributed by atoms with Crippen LogP contribution in [0.15, 0.2) is 30.3 Å². The van der Waals surface area contributed by atoms with Gasteiger partial charge in [-0.15, -0.1) is 0 Å². The monoisotopic (exact) mass is 446 g/mol. The van der Waals surface area contributed by atoms with Crippen LogP contribution in [-0.2, 0) is 20.8 Å². The molecular formula is C23H34N4O5. The number of Topliss-reactive ketones (excluding diaryl/α,β-unsaturated/α-hetero) is 1. The summed E-state index contributed by atoms with van der Waals surface area (Å²) in [6, 6.07) is 7.94. The Balaban J connectivity index is 1.65. The topological polar surface area (TPSA) is 130 Å². The number of rotatable bonds is 13. The zero-order chi connectivity index (χ0) is 23.3. The van der Waals surface area contributed by atoms with Gasteiger partial charge in [0.15, 0.2) is 0 Å². The average Bonchev–Trinajstić information content (AvgIpc) is 2.78. The molecule has 1 aliphatic heterocycles. The van der Waals surface area contributed by atoms with Crippen molar-refractivity contribution in [2.45, 2.75) is 51.5 Å². The number of hydrogen-bond acceptors (Lipinski definition) is 6. The molecule has 0 radical (unpaired) electrons. The maximum atomic E-state index is 12.3. The second-order valence-electron chi connectivity index (χ2n) is 8.48. The zero-order valence-electron chi connectivity index (χ0n) is 18.7. The summed E-state index contributed by atoms with van der Waals surface area (Å²) >= 11 is 0. The number of ketones is 1. The highest BCUT2D eigenvalue weighted by Gasteiger charge is 2.29. The van der Waals surface area contributed by atoms with Crippen molar-refractivity contribution in [3.05, 3.63) is 46.0 Å². The zero-order valence-corrected chi connectivity index (χ0v) is 18.7. The highest BCUT2D eigenvalue weighted by molar-refractivity contribution is 5.88. The molecule has 1 aromatic rings. The first-order chi connectivity index (χ1) is 15.4. The van der Waals surface area contributed by atoms with Crippen LogP contribution in [0.3, 0.4) is 0 Å². The molecule has 1 saturated heterocycles. The third-order valence-electron chi connectivity index (χ3n) is 5.82. The van der Waals surface area contributed by atoms with Crippen LogP contribution in [0.25, 0.3) is 0 Å². The van der Waals surface area contributed by atoms with Gasteiger partial charge >= 0.3 is 0 Å². The van der Waals surface area contributed by atoms with Crippen molar-refractivity contribution in [3.63, 3.8) is 0 Å². The van der Waals surface area contributed by atoms with E-state index in [2.05, 4.69) is 16.0 Å². The van der Waals surface area contributed by atoms with Crippen molar-refractivity contribution in [1.82, 2.24) is 16.0 Å². The molecular weight excluding hydrogens is 412 g/mol. The number of carbonyl (C=O) groups excluding carboxylic acids is 3. The first-order valence-electron chi connectivity index (χ1n) is 11.3. The molecule has 1 heterocycles. The lowest BCUT2D eigenvalue weighted by Gasteiger charge is -2.22. The predicted molar refractivity (Wildman–Crippen MR) is 121 cm³/mol. The average molecular weight is 447 g/mol. The number of nitrogens with zero attached hydrogens (tertiary/aromatic N) is 1. The van der Waals surface area contributed by atoms with Gasteiger partial charge in [-0.1, -0.05) is 37.3 Å². The maximum absolute atomic E-state index is 12.3. The standard InChI is InChI=1S/C23H34N4O5/c1-17(9-14-25-23(30)19-10-12-24-13-11-19)15-22(29)26-16-21(28)20(27(31)32)8-7-18-5-3-2-4-6-18/h2-6,17,19-20,24H,7-16H2,1H3,(H,25,30)(H,26,29). The van der Waals surface area contributed by atoms with Crippen LogP contribution in [0, 0.1) is 22.0 Å². The summed E-state index contributed by atoms with van der Waals surface area (Å²) in [5.74, 6) is -0.781. The summed E-state index contributed by atoms with van der Waals surface area (Å²) in [6.07, 6.45) is 3.05. The van der Waals surface area contributed by atoms with E-state index < -0.39 is 16.7 Å². The molecule has 0 spiro atoms. The molecule has 1 aliphatic rings. The molecule has 0 saturated carbocycles. The van der Waals surface area contributed by atoms with Crippen LogP contribution in [0.4, 0.5) is 0 Å². The van der Waals surface area contributed by atoms with Crippen LogP contribution in [0.2, 0.25) is 0 Å². The van der Waals surface area contributed by atoms with Gasteiger partial charge in [-0.2, -0.15) is 0 Å². The van der Waals surface area contributed by atoms with Gasteiger partial charge in [0.2, 0.25) is 17.6 Å². The SMILES string of the molecule is CC(CCNC(=O)C1CCNCC1)CC(=O)NCC(=O)C(CCc1ccccc1)[N+](=O)[O-]. The second-order valence-corrected chi connectivity index (χ2v) is 8.48. The lowest BCUT2D eigenvalue weighted by atomic mass is 9.97. The molecule has 32 heavy (non-hydrogen) atoms. The predicted octanol–water partition coefficient (Wildman–Crippen LogP) is 1.48. The number of aryl methyl sites for hydroxylation is 1. The van der Waals surface area contributed by atoms with Crippen LogP contribution >= 0.6 is 0 Å². The third kappa shape index (κ3) is 9.13.